The summed E-state index contributed by atoms with van der Waals surface area (Å²) in [6.07, 6.45) is 1.13. The van der Waals surface area contributed by atoms with E-state index in [2.05, 4.69) is 31.4 Å². The van der Waals surface area contributed by atoms with Crippen molar-refractivity contribution in [3.63, 3.8) is 0 Å². The van der Waals surface area contributed by atoms with Crippen LogP contribution in [0.3, 0.4) is 0 Å². The minimum absolute atomic E-state index is 0. The number of thiol groups is 1. The average Bonchev–Trinajstić information content (AvgIpc) is 1.82. The monoisotopic (exact) mass is 189 g/mol. The summed E-state index contributed by atoms with van der Waals surface area (Å²) in [4.78, 5) is 2.07. The molecule has 0 radical (unpaired) electrons. The van der Waals surface area contributed by atoms with Crippen molar-refractivity contribution in [3.8, 4) is 0 Å². The van der Waals surface area contributed by atoms with E-state index >= 15 is 0 Å². The minimum Gasteiger partial charge on any atom is -1.00 e. The quantitative estimate of drug-likeness (QED) is 0.410. The van der Waals surface area contributed by atoms with Crippen molar-refractivity contribution in [1.29, 1.82) is 0 Å². The molecule has 0 saturated heterocycles. The summed E-state index contributed by atoms with van der Waals surface area (Å²) in [5, 5.41) is 0. The van der Waals surface area contributed by atoms with Crippen LogP contribution in [0.4, 0.5) is 0 Å². The first-order valence-electron chi connectivity index (χ1n) is 3.20. The van der Waals surface area contributed by atoms with Gasteiger partial charge in [-0.25, -0.2) is 0 Å². The summed E-state index contributed by atoms with van der Waals surface area (Å²) in [6, 6.07) is 0. The first-order valence-corrected chi connectivity index (χ1v) is 4.05. The van der Waals surface area contributed by atoms with Crippen molar-refractivity contribution in [2.45, 2.75) is 20.3 Å². The van der Waals surface area contributed by atoms with Gasteiger partial charge in [0.1, 0.15) is 4.32 Å². The van der Waals surface area contributed by atoms with Crippen molar-refractivity contribution in [2.24, 2.45) is 0 Å². The van der Waals surface area contributed by atoms with Crippen LogP contribution in [0.1, 0.15) is 23.1 Å². The van der Waals surface area contributed by atoms with Crippen LogP contribution in [0, 0.1) is 0 Å². The van der Waals surface area contributed by atoms with E-state index in [1.165, 1.54) is 0 Å². The van der Waals surface area contributed by atoms with Gasteiger partial charge in [-0.05, 0) is 13.3 Å². The maximum Gasteiger partial charge on any atom is 2.00 e. The predicted molar refractivity (Wildman–Crippen MR) is 57.1 cm³/mol. The summed E-state index contributed by atoms with van der Waals surface area (Å²) < 4.78 is 0.708. The summed E-state index contributed by atoms with van der Waals surface area (Å²) in [7, 11) is 0. The number of nitrogens with zero attached hydrogens (tertiary/aromatic N) is 1. The van der Waals surface area contributed by atoms with Crippen LogP contribution in [-0.4, -0.2) is 45.4 Å². The molecule has 1 nitrogen and oxygen atoms in total. The fourth-order valence-electron chi connectivity index (χ4n) is 0.659. The molecule has 0 saturated carbocycles. The Balaban J connectivity index is -0.000000107. The van der Waals surface area contributed by atoms with Crippen molar-refractivity contribution in [3.05, 3.63) is 0 Å². The van der Waals surface area contributed by atoms with Gasteiger partial charge in [0.25, 0.3) is 0 Å². The van der Waals surface area contributed by atoms with Crippen LogP contribution >= 0.6 is 24.8 Å². The van der Waals surface area contributed by atoms with Crippen molar-refractivity contribution in [2.75, 3.05) is 13.1 Å². The van der Waals surface area contributed by atoms with Gasteiger partial charge < -0.3 is 7.75 Å². The summed E-state index contributed by atoms with van der Waals surface area (Å²) >= 11 is 8.94. The molecule has 0 N–H and O–H groups in total. The van der Waals surface area contributed by atoms with Gasteiger partial charge in [-0.2, -0.15) is 0 Å². The first kappa shape index (κ1) is 13.6. The molecule has 0 heterocycles. The summed E-state index contributed by atoms with van der Waals surface area (Å²) in [5.74, 6) is 0. The molecule has 0 aliphatic rings. The molecule has 10 heavy (non-hydrogen) atoms. The van der Waals surface area contributed by atoms with Crippen molar-refractivity contribution >= 4 is 52.2 Å². The first-order chi connectivity index (χ1) is 4.22. The van der Waals surface area contributed by atoms with Crippen molar-refractivity contribution < 1.29 is 2.85 Å². The molecule has 0 spiro atoms. The number of thiocarbonyl (C=S) groups is 1. The van der Waals surface area contributed by atoms with Crippen LogP contribution in [0.5, 0.6) is 0 Å². The molecule has 0 amide bonds. The predicted octanol–water partition coefficient (Wildman–Crippen LogP) is 1.78. The van der Waals surface area contributed by atoms with Gasteiger partial charge in [0, 0.05) is 13.1 Å². The number of rotatable bonds is 3. The van der Waals surface area contributed by atoms with E-state index in [1.54, 1.807) is 0 Å². The molecule has 0 fully saturated rings. The van der Waals surface area contributed by atoms with E-state index in [0.29, 0.717) is 4.32 Å². The molecule has 0 aliphatic carbocycles. The Hall–Kier alpha value is 1.01. The standard InChI is InChI=1S/C6H13NS2.Mg.2H/c1-3-5-7(4-2)6(8)9;;;/h3-5H2,1-2H3,(H,8,9);;;/q;+2;2*-1. The number of hydrogen-bond acceptors (Lipinski definition) is 1. The molecule has 0 atom stereocenters. The minimum atomic E-state index is 0. The molecule has 0 bridgehead atoms. The largest absolute Gasteiger partial charge is 2.00 e. The van der Waals surface area contributed by atoms with Crippen LogP contribution in [-0.2, 0) is 0 Å². The fraction of sp³-hybridized carbons (Fsp3) is 0.833. The van der Waals surface area contributed by atoms with Crippen LogP contribution < -0.4 is 0 Å². The Morgan fingerprint density at radius 2 is 2.10 bits per heavy atom. The van der Waals surface area contributed by atoms with Gasteiger partial charge in [-0.3, -0.25) is 0 Å². The van der Waals surface area contributed by atoms with E-state index in [1.807, 2.05) is 0 Å². The summed E-state index contributed by atoms with van der Waals surface area (Å²) in [5.41, 5.74) is 0. The molecule has 4 heteroatoms. The van der Waals surface area contributed by atoms with Gasteiger partial charge in [-0.15, -0.1) is 12.6 Å². The van der Waals surface area contributed by atoms with Crippen LogP contribution in [0.25, 0.3) is 0 Å². The second-order valence-electron chi connectivity index (χ2n) is 1.86. The molecule has 0 aliphatic heterocycles. The van der Waals surface area contributed by atoms with Gasteiger partial charge in [0.05, 0.1) is 0 Å². The summed E-state index contributed by atoms with van der Waals surface area (Å²) in [6.45, 7) is 6.21. The molecule has 0 unspecified atom stereocenters. The van der Waals surface area contributed by atoms with E-state index in [0.717, 1.165) is 19.5 Å². The third-order valence-electron chi connectivity index (χ3n) is 1.15. The van der Waals surface area contributed by atoms with Gasteiger partial charge >= 0.3 is 23.1 Å². The second-order valence-corrected chi connectivity index (χ2v) is 2.98. The Labute approximate surface area is 93.1 Å². The van der Waals surface area contributed by atoms with Gasteiger partial charge in [-0.1, -0.05) is 19.1 Å². The zero-order valence-electron chi connectivity index (χ0n) is 8.63. The zero-order valence-corrected chi connectivity index (χ0v) is 9.76. The molecule has 0 aromatic rings. The average molecular weight is 190 g/mol. The Bertz CT molecular complexity index is 106. The third kappa shape index (κ3) is 5.77. The molecular formula is C6H15MgNS2. The Morgan fingerprint density at radius 1 is 1.60 bits per heavy atom. The van der Waals surface area contributed by atoms with Gasteiger partial charge in [0.2, 0.25) is 0 Å². The van der Waals surface area contributed by atoms with E-state index in [-0.39, 0.29) is 25.9 Å². The topological polar surface area (TPSA) is 3.24 Å². The SMILES string of the molecule is CCCN(CC)C(=S)S.[H-].[H-].[Mg+2]. The molecule has 0 aromatic heterocycles. The maximum atomic E-state index is 4.87. The van der Waals surface area contributed by atoms with E-state index in [4.69, 9.17) is 12.2 Å². The Morgan fingerprint density at radius 3 is 2.20 bits per heavy atom. The van der Waals surface area contributed by atoms with Crippen molar-refractivity contribution in [1.82, 2.24) is 4.90 Å². The van der Waals surface area contributed by atoms with Gasteiger partial charge in [0.15, 0.2) is 0 Å². The molecular weight excluding hydrogens is 175 g/mol. The zero-order chi connectivity index (χ0) is 7.28. The second kappa shape index (κ2) is 8.11. The third-order valence-corrected chi connectivity index (χ3v) is 1.69. The molecule has 58 valence electrons. The number of hydrogen-bond donors (Lipinski definition) is 1. The fourth-order valence-corrected chi connectivity index (χ4v) is 1.12. The van der Waals surface area contributed by atoms with E-state index < -0.39 is 0 Å². The van der Waals surface area contributed by atoms with Crippen LogP contribution in [0.2, 0.25) is 0 Å². The maximum absolute atomic E-state index is 4.87. The smallest absolute Gasteiger partial charge is 1.00 e. The normalized spacial score (nSPS) is 8.30. The Kier molecular flexibility index (Phi) is 11.0. The van der Waals surface area contributed by atoms with Crippen LogP contribution in [0.15, 0.2) is 0 Å². The molecule has 0 rings (SSSR count). The molecule has 0 aromatic carbocycles. The van der Waals surface area contributed by atoms with E-state index in [9.17, 15) is 0 Å².